The molecule has 0 radical (unpaired) electrons. The summed E-state index contributed by atoms with van der Waals surface area (Å²) in [7, 11) is 0. The summed E-state index contributed by atoms with van der Waals surface area (Å²) in [6, 6.07) is 4.27. The van der Waals surface area contributed by atoms with Gasteiger partial charge in [0.05, 0.1) is 0 Å². The van der Waals surface area contributed by atoms with Gasteiger partial charge in [-0.1, -0.05) is 26.0 Å². The molecule has 2 nitrogen and oxygen atoms in total. The average molecular weight is 203 g/mol. The Balaban J connectivity index is 2.59. The summed E-state index contributed by atoms with van der Waals surface area (Å²) in [5.74, 6) is 0.571. The van der Waals surface area contributed by atoms with Gasteiger partial charge in [0.1, 0.15) is 0 Å². The number of carbonyl (C=O) groups is 1. The molecule has 1 N–H and O–H groups in total. The Morgan fingerprint density at radius 1 is 1.33 bits per heavy atom. The van der Waals surface area contributed by atoms with Crippen molar-refractivity contribution in [2.45, 2.75) is 33.1 Å². The maximum Gasteiger partial charge on any atom is 0.251 e. The Kier molecular flexibility index (Phi) is 2.51. The van der Waals surface area contributed by atoms with E-state index in [9.17, 15) is 4.79 Å². The normalized spacial score (nSPS) is 15.1. The minimum absolute atomic E-state index is 0.0938. The third-order valence-electron chi connectivity index (χ3n) is 3.12. The highest BCUT2D eigenvalue weighted by atomic mass is 16.1. The summed E-state index contributed by atoms with van der Waals surface area (Å²) < 4.78 is 0. The van der Waals surface area contributed by atoms with Gasteiger partial charge in [0, 0.05) is 12.1 Å². The summed E-state index contributed by atoms with van der Waals surface area (Å²) in [5.41, 5.74) is 4.54. The fourth-order valence-corrected chi connectivity index (χ4v) is 2.33. The molecule has 0 bridgehead atoms. The van der Waals surface area contributed by atoms with E-state index in [1.165, 1.54) is 11.1 Å². The second-order valence-corrected chi connectivity index (χ2v) is 4.47. The van der Waals surface area contributed by atoms with E-state index in [4.69, 9.17) is 0 Å². The van der Waals surface area contributed by atoms with Gasteiger partial charge in [-0.2, -0.15) is 0 Å². The topological polar surface area (TPSA) is 29.1 Å². The highest BCUT2D eigenvalue weighted by Crippen LogP contribution is 2.26. The fourth-order valence-electron chi connectivity index (χ4n) is 2.33. The highest BCUT2D eigenvalue weighted by Gasteiger charge is 2.20. The number of fused-ring (bicyclic) bond motifs is 1. The van der Waals surface area contributed by atoms with Crippen LogP contribution in [0.2, 0.25) is 0 Å². The van der Waals surface area contributed by atoms with Gasteiger partial charge in [0.2, 0.25) is 0 Å². The van der Waals surface area contributed by atoms with E-state index in [1.807, 2.05) is 0 Å². The van der Waals surface area contributed by atoms with E-state index in [0.29, 0.717) is 5.92 Å². The van der Waals surface area contributed by atoms with Crippen molar-refractivity contribution in [3.63, 3.8) is 0 Å². The van der Waals surface area contributed by atoms with Gasteiger partial charge in [-0.3, -0.25) is 4.79 Å². The predicted octanol–water partition coefficient (Wildman–Crippen LogP) is 2.40. The summed E-state index contributed by atoms with van der Waals surface area (Å²) >= 11 is 0. The number of amides is 1. The number of hydrogen-bond acceptors (Lipinski definition) is 1. The van der Waals surface area contributed by atoms with Crippen LogP contribution in [0.1, 0.15) is 46.8 Å². The number of hydrogen-bond donors (Lipinski definition) is 1. The van der Waals surface area contributed by atoms with Crippen LogP contribution in [-0.4, -0.2) is 12.5 Å². The van der Waals surface area contributed by atoms with E-state index in [-0.39, 0.29) is 5.91 Å². The summed E-state index contributed by atoms with van der Waals surface area (Å²) in [6.07, 6.45) is 0.959. The molecule has 0 saturated heterocycles. The number of carbonyl (C=O) groups excluding carboxylic acids is 1. The molecule has 1 aromatic carbocycles. The van der Waals surface area contributed by atoms with Gasteiger partial charge >= 0.3 is 0 Å². The lowest BCUT2D eigenvalue weighted by Crippen LogP contribution is -2.32. The molecule has 0 aliphatic carbocycles. The summed E-state index contributed by atoms with van der Waals surface area (Å²) in [4.78, 5) is 11.8. The van der Waals surface area contributed by atoms with Gasteiger partial charge in [0.15, 0.2) is 0 Å². The molecule has 0 fully saturated rings. The van der Waals surface area contributed by atoms with Crippen molar-refractivity contribution in [2.24, 2.45) is 0 Å². The van der Waals surface area contributed by atoms with E-state index in [2.05, 4.69) is 38.2 Å². The van der Waals surface area contributed by atoms with Crippen LogP contribution in [0.4, 0.5) is 0 Å². The Morgan fingerprint density at radius 3 is 2.73 bits per heavy atom. The van der Waals surface area contributed by atoms with Crippen molar-refractivity contribution < 1.29 is 4.79 Å². The standard InChI is InChI=1S/C13H17NO/c1-8(2)11-5-4-10-6-7-14-13(15)12(10)9(11)3/h4-5,8H,6-7H2,1-3H3,(H,14,15). The van der Waals surface area contributed by atoms with Crippen LogP contribution < -0.4 is 5.32 Å². The minimum Gasteiger partial charge on any atom is -0.352 e. The Hall–Kier alpha value is -1.31. The minimum atomic E-state index is 0.0938. The SMILES string of the molecule is Cc1c(C(C)C)ccc2c1C(=O)NCC2. The largest absolute Gasteiger partial charge is 0.352 e. The molecule has 80 valence electrons. The van der Waals surface area contributed by atoms with Crippen molar-refractivity contribution in [3.05, 3.63) is 34.4 Å². The van der Waals surface area contributed by atoms with Crippen LogP contribution in [0, 0.1) is 6.92 Å². The van der Waals surface area contributed by atoms with Gasteiger partial charge in [-0.25, -0.2) is 0 Å². The zero-order valence-electron chi connectivity index (χ0n) is 9.55. The van der Waals surface area contributed by atoms with Gasteiger partial charge in [-0.05, 0) is 36.0 Å². The lowest BCUT2D eigenvalue weighted by molar-refractivity contribution is 0.0945. The molecular weight excluding hydrogens is 186 g/mol. The zero-order chi connectivity index (χ0) is 11.0. The van der Waals surface area contributed by atoms with Gasteiger partial charge < -0.3 is 5.32 Å². The summed E-state index contributed by atoms with van der Waals surface area (Å²) in [5, 5.41) is 2.91. The first-order chi connectivity index (χ1) is 7.11. The van der Waals surface area contributed by atoms with Crippen molar-refractivity contribution in [3.8, 4) is 0 Å². The zero-order valence-corrected chi connectivity index (χ0v) is 9.55. The Labute approximate surface area is 90.7 Å². The van der Waals surface area contributed by atoms with E-state index < -0.39 is 0 Å². The van der Waals surface area contributed by atoms with Crippen LogP contribution in [-0.2, 0) is 6.42 Å². The smallest absolute Gasteiger partial charge is 0.251 e. The fraction of sp³-hybridized carbons (Fsp3) is 0.462. The molecule has 15 heavy (non-hydrogen) atoms. The van der Waals surface area contributed by atoms with Crippen molar-refractivity contribution in [1.82, 2.24) is 5.32 Å². The van der Waals surface area contributed by atoms with Gasteiger partial charge in [-0.15, -0.1) is 0 Å². The number of benzene rings is 1. The molecule has 1 aromatic rings. The maximum absolute atomic E-state index is 11.8. The first-order valence-electron chi connectivity index (χ1n) is 5.52. The average Bonchev–Trinajstić information content (AvgIpc) is 2.17. The van der Waals surface area contributed by atoms with Gasteiger partial charge in [0.25, 0.3) is 5.91 Å². The van der Waals surface area contributed by atoms with E-state index in [0.717, 1.165) is 24.1 Å². The summed E-state index contributed by atoms with van der Waals surface area (Å²) in [6.45, 7) is 7.15. The molecule has 1 aliphatic rings. The first kappa shape index (κ1) is 10.2. The number of rotatable bonds is 1. The lowest BCUT2D eigenvalue weighted by Gasteiger charge is -2.21. The van der Waals surface area contributed by atoms with Crippen LogP contribution >= 0.6 is 0 Å². The van der Waals surface area contributed by atoms with E-state index >= 15 is 0 Å². The first-order valence-corrected chi connectivity index (χ1v) is 5.52. The third-order valence-corrected chi connectivity index (χ3v) is 3.12. The second kappa shape index (κ2) is 3.69. The molecule has 2 rings (SSSR count). The van der Waals surface area contributed by atoms with Crippen LogP contribution in [0.25, 0.3) is 0 Å². The second-order valence-electron chi connectivity index (χ2n) is 4.47. The molecule has 0 unspecified atom stereocenters. The molecule has 0 spiro atoms. The maximum atomic E-state index is 11.8. The molecule has 0 saturated carbocycles. The molecule has 0 atom stereocenters. The van der Waals surface area contributed by atoms with Crippen molar-refractivity contribution in [1.29, 1.82) is 0 Å². The highest BCUT2D eigenvalue weighted by molar-refractivity contribution is 5.98. The number of nitrogens with one attached hydrogen (secondary N) is 1. The molecule has 2 heteroatoms. The molecule has 1 amide bonds. The molecule has 1 aliphatic heterocycles. The Morgan fingerprint density at radius 2 is 2.07 bits per heavy atom. The van der Waals surface area contributed by atoms with Crippen molar-refractivity contribution in [2.75, 3.05) is 6.54 Å². The van der Waals surface area contributed by atoms with Crippen LogP contribution in [0.5, 0.6) is 0 Å². The molecule has 1 heterocycles. The molecular formula is C13H17NO. The van der Waals surface area contributed by atoms with Crippen LogP contribution in [0.3, 0.4) is 0 Å². The quantitative estimate of drug-likeness (QED) is 0.746. The van der Waals surface area contributed by atoms with Crippen molar-refractivity contribution >= 4 is 5.91 Å². The predicted molar refractivity (Wildman–Crippen MR) is 61.3 cm³/mol. The molecule has 0 aromatic heterocycles. The third kappa shape index (κ3) is 1.65. The monoisotopic (exact) mass is 203 g/mol. The van der Waals surface area contributed by atoms with Crippen LogP contribution in [0.15, 0.2) is 12.1 Å². The Bertz CT molecular complexity index is 407. The lowest BCUT2D eigenvalue weighted by atomic mass is 9.88. The van der Waals surface area contributed by atoms with E-state index in [1.54, 1.807) is 0 Å².